The Morgan fingerprint density at radius 1 is 1.50 bits per heavy atom. The SMILES string of the molecule is CCCC1(CNC(C)C)CCOC1C. The summed E-state index contributed by atoms with van der Waals surface area (Å²) in [6.07, 6.45) is 4.19. The van der Waals surface area contributed by atoms with Crippen molar-refractivity contribution in [2.75, 3.05) is 13.2 Å². The molecule has 1 rings (SSSR count). The maximum Gasteiger partial charge on any atom is 0.0616 e. The molecule has 0 amide bonds. The van der Waals surface area contributed by atoms with Crippen LogP contribution in [-0.4, -0.2) is 25.3 Å². The summed E-state index contributed by atoms with van der Waals surface area (Å²) in [4.78, 5) is 0. The molecular formula is C12H25NO. The smallest absolute Gasteiger partial charge is 0.0616 e. The van der Waals surface area contributed by atoms with Crippen molar-refractivity contribution >= 4 is 0 Å². The van der Waals surface area contributed by atoms with E-state index in [2.05, 4.69) is 33.0 Å². The quantitative estimate of drug-likeness (QED) is 0.735. The van der Waals surface area contributed by atoms with Gasteiger partial charge in [0.25, 0.3) is 0 Å². The van der Waals surface area contributed by atoms with Crippen LogP contribution >= 0.6 is 0 Å². The van der Waals surface area contributed by atoms with Crippen molar-refractivity contribution in [1.29, 1.82) is 0 Å². The van der Waals surface area contributed by atoms with E-state index in [0.29, 0.717) is 17.6 Å². The van der Waals surface area contributed by atoms with E-state index in [1.807, 2.05) is 0 Å². The summed E-state index contributed by atoms with van der Waals surface area (Å²) in [7, 11) is 0. The normalized spacial score (nSPS) is 32.8. The van der Waals surface area contributed by atoms with Gasteiger partial charge in [-0.05, 0) is 19.8 Å². The van der Waals surface area contributed by atoms with Gasteiger partial charge in [-0.1, -0.05) is 27.2 Å². The molecule has 1 heterocycles. The fourth-order valence-corrected chi connectivity index (χ4v) is 2.37. The minimum absolute atomic E-state index is 0.402. The first-order valence-electron chi connectivity index (χ1n) is 5.96. The minimum atomic E-state index is 0.402. The average molecular weight is 199 g/mol. The van der Waals surface area contributed by atoms with E-state index in [9.17, 15) is 0 Å². The number of nitrogens with one attached hydrogen (secondary N) is 1. The highest BCUT2D eigenvalue weighted by Crippen LogP contribution is 2.38. The third-order valence-corrected chi connectivity index (χ3v) is 3.44. The van der Waals surface area contributed by atoms with Crippen LogP contribution in [0.2, 0.25) is 0 Å². The number of rotatable bonds is 5. The van der Waals surface area contributed by atoms with E-state index in [0.717, 1.165) is 13.2 Å². The predicted molar refractivity (Wildman–Crippen MR) is 60.5 cm³/mol. The molecule has 2 heteroatoms. The summed E-state index contributed by atoms with van der Waals surface area (Å²) in [6.45, 7) is 11.0. The number of hydrogen-bond donors (Lipinski definition) is 1. The Hall–Kier alpha value is -0.0800. The minimum Gasteiger partial charge on any atom is -0.378 e. The molecular weight excluding hydrogens is 174 g/mol. The zero-order chi connectivity index (χ0) is 10.6. The maximum absolute atomic E-state index is 5.71. The standard InChI is InChI=1S/C12H25NO/c1-5-6-12(9-13-10(2)3)7-8-14-11(12)4/h10-11,13H,5-9H2,1-4H3. The highest BCUT2D eigenvalue weighted by Gasteiger charge is 2.40. The Morgan fingerprint density at radius 2 is 2.21 bits per heavy atom. The Kier molecular flexibility index (Phi) is 4.39. The van der Waals surface area contributed by atoms with E-state index in [-0.39, 0.29) is 0 Å². The van der Waals surface area contributed by atoms with Crippen molar-refractivity contribution < 1.29 is 4.74 Å². The summed E-state index contributed by atoms with van der Waals surface area (Å²) in [5.74, 6) is 0. The molecule has 0 aliphatic carbocycles. The Balaban J connectivity index is 2.52. The molecule has 2 unspecified atom stereocenters. The van der Waals surface area contributed by atoms with Gasteiger partial charge in [-0.25, -0.2) is 0 Å². The van der Waals surface area contributed by atoms with Crippen LogP contribution in [0.25, 0.3) is 0 Å². The van der Waals surface area contributed by atoms with Crippen molar-refractivity contribution in [1.82, 2.24) is 5.32 Å². The van der Waals surface area contributed by atoms with Crippen LogP contribution in [0.4, 0.5) is 0 Å². The summed E-state index contributed by atoms with van der Waals surface area (Å²) in [6, 6.07) is 0.580. The number of ether oxygens (including phenoxy) is 1. The molecule has 0 bridgehead atoms. The van der Waals surface area contributed by atoms with Crippen LogP contribution in [0, 0.1) is 5.41 Å². The van der Waals surface area contributed by atoms with Gasteiger partial charge in [0.05, 0.1) is 6.10 Å². The molecule has 1 fully saturated rings. The molecule has 0 radical (unpaired) electrons. The van der Waals surface area contributed by atoms with E-state index in [1.54, 1.807) is 0 Å². The van der Waals surface area contributed by atoms with Crippen LogP contribution in [0.15, 0.2) is 0 Å². The first-order valence-corrected chi connectivity index (χ1v) is 5.96. The fraction of sp³-hybridized carbons (Fsp3) is 1.00. The second-order valence-corrected chi connectivity index (χ2v) is 4.91. The van der Waals surface area contributed by atoms with Gasteiger partial charge in [0.2, 0.25) is 0 Å². The third-order valence-electron chi connectivity index (χ3n) is 3.44. The highest BCUT2D eigenvalue weighted by molar-refractivity contribution is 4.91. The lowest BCUT2D eigenvalue weighted by atomic mass is 9.77. The van der Waals surface area contributed by atoms with Crippen LogP contribution in [-0.2, 0) is 4.74 Å². The van der Waals surface area contributed by atoms with Crippen molar-refractivity contribution in [2.45, 2.75) is 59.1 Å². The molecule has 1 aliphatic heterocycles. The predicted octanol–water partition coefficient (Wildman–Crippen LogP) is 2.58. The lowest BCUT2D eigenvalue weighted by Crippen LogP contribution is -2.41. The second kappa shape index (κ2) is 5.13. The molecule has 0 aromatic carbocycles. The van der Waals surface area contributed by atoms with Crippen LogP contribution < -0.4 is 5.32 Å². The van der Waals surface area contributed by atoms with Gasteiger partial charge in [0, 0.05) is 24.6 Å². The summed E-state index contributed by atoms with van der Waals surface area (Å²) in [5.41, 5.74) is 0.402. The molecule has 1 saturated heterocycles. The Bertz CT molecular complexity index is 170. The lowest BCUT2D eigenvalue weighted by Gasteiger charge is -2.33. The average Bonchev–Trinajstić information content (AvgIpc) is 2.46. The summed E-state index contributed by atoms with van der Waals surface area (Å²) in [5, 5.41) is 3.56. The molecule has 14 heavy (non-hydrogen) atoms. The van der Waals surface area contributed by atoms with E-state index in [4.69, 9.17) is 4.74 Å². The van der Waals surface area contributed by atoms with Gasteiger partial charge in [0.1, 0.15) is 0 Å². The fourth-order valence-electron chi connectivity index (χ4n) is 2.37. The van der Waals surface area contributed by atoms with Crippen LogP contribution in [0.3, 0.4) is 0 Å². The van der Waals surface area contributed by atoms with Gasteiger partial charge in [-0.15, -0.1) is 0 Å². The molecule has 0 saturated carbocycles. The van der Waals surface area contributed by atoms with Crippen LogP contribution in [0.5, 0.6) is 0 Å². The van der Waals surface area contributed by atoms with E-state index >= 15 is 0 Å². The summed E-state index contributed by atoms with van der Waals surface area (Å²) < 4.78 is 5.71. The van der Waals surface area contributed by atoms with E-state index < -0.39 is 0 Å². The highest BCUT2D eigenvalue weighted by atomic mass is 16.5. The molecule has 0 spiro atoms. The zero-order valence-electron chi connectivity index (χ0n) is 10.1. The second-order valence-electron chi connectivity index (χ2n) is 4.91. The monoisotopic (exact) mass is 199 g/mol. The zero-order valence-corrected chi connectivity index (χ0v) is 10.1. The van der Waals surface area contributed by atoms with Gasteiger partial charge >= 0.3 is 0 Å². The van der Waals surface area contributed by atoms with Gasteiger partial charge in [0.15, 0.2) is 0 Å². The molecule has 0 aromatic heterocycles. The van der Waals surface area contributed by atoms with Gasteiger partial charge in [-0.2, -0.15) is 0 Å². The van der Waals surface area contributed by atoms with E-state index in [1.165, 1.54) is 19.3 Å². The van der Waals surface area contributed by atoms with Crippen molar-refractivity contribution in [3.05, 3.63) is 0 Å². The van der Waals surface area contributed by atoms with Crippen molar-refractivity contribution in [3.63, 3.8) is 0 Å². The lowest BCUT2D eigenvalue weighted by molar-refractivity contribution is 0.0571. The Labute approximate surface area is 88.4 Å². The topological polar surface area (TPSA) is 21.3 Å². The van der Waals surface area contributed by atoms with Crippen LogP contribution in [0.1, 0.15) is 47.0 Å². The summed E-state index contributed by atoms with van der Waals surface area (Å²) >= 11 is 0. The van der Waals surface area contributed by atoms with Crippen molar-refractivity contribution in [3.8, 4) is 0 Å². The third kappa shape index (κ3) is 2.71. The molecule has 84 valence electrons. The maximum atomic E-state index is 5.71. The first kappa shape index (κ1) is 12.0. The first-order chi connectivity index (χ1) is 6.60. The van der Waals surface area contributed by atoms with Gasteiger partial charge in [-0.3, -0.25) is 0 Å². The molecule has 1 N–H and O–H groups in total. The molecule has 2 nitrogen and oxygen atoms in total. The molecule has 2 atom stereocenters. The number of hydrogen-bond acceptors (Lipinski definition) is 2. The molecule has 0 aromatic rings. The molecule has 1 aliphatic rings. The largest absolute Gasteiger partial charge is 0.378 e. The van der Waals surface area contributed by atoms with Gasteiger partial charge < -0.3 is 10.1 Å². The Morgan fingerprint density at radius 3 is 2.64 bits per heavy atom. The van der Waals surface area contributed by atoms with Crippen molar-refractivity contribution in [2.24, 2.45) is 5.41 Å².